The fourth-order valence-electron chi connectivity index (χ4n) is 1.19. The van der Waals surface area contributed by atoms with Crippen LogP contribution in [0.2, 0.25) is 0 Å². The third-order valence-electron chi connectivity index (χ3n) is 2.05. The Morgan fingerprint density at radius 3 is 2.61 bits per heavy atom. The Morgan fingerprint density at radius 2 is 2.00 bits per heavy atom. The van der Waals surface area contributed by atoms with Crippen LogP contribution in [0.4, 0.5) is 0 Å². The summed E-state index contributed by atoms with van der Waals surface area (Å²) in [4.78, 5) is 21.7. The van der Waals surface area contributed by atoms with E-state index in [0.717, 1.165) is 5.56 Å². The monoisotopic (exact) mass is 269 g/mol. The van der Waals surface area contributed by atoms with Gasteiger partial charge in [0.15, 0.2) is 0 Å². The normalized spacial score (nSPS) is 12.1. The molecule has 0 radical (unpaired) electrons. The van der Waals surface area contributed by atoms with Gasteiger partial charge in [0.2, 0.25) is 5.12 Å². The number of carboxylic acids is 1. The van der Waals surface area contributed by atoms with E-state index in [1.165, 1.54) is 0 Å². The quantitative estimate of drug-likeness (QED) is 0.763. The zero-order valence-corrected chi connectivity index (χ0v) is 10.6. The van der Waals surface area contributed by atoms with E-state index in [1.54, 1.807) is 0 Å². The number of carboxylic acid groups (broad SMARTS) is 1. The van der Waals surface area contributed by atoms with Gasteiger partial charge in [0.1, 0.15) is 0 Å². The molecule has 18 heavy (non-hydrogen) atoms. The summed E-state index contributed by atoms with van der Waals surface area (Å²) in [5.74, 6) is -1.31. The van der Waals surface area contributed by atoms with E-state index in [4.69, 9.17) is 15.6 Å². The molecule has 0 unspecified atom stereocenters. The molecule has 0 saturated heterocycles. The molecular formula is C12H15NO4S. The maximum absolute atomic E-state index is 11.4. The molecule has 1 rings (SSSR count). The minimum Gasteiger partial charge on any atom is -0.481 e. The Morgan fingerprint density at radius 1 is 1.33 bits per heavy atom. The second kappa shape index (κ2) is 7.86. The molecule has 0 fully saturated rings. The lowest BCUT2D eigenvalue weighted by molar-refractivity contribution is -0.134. The summed E-state index contributed by atoms with van der Waals surface area (Å²) in [6, 6.07) is 8.72. The highest BCUT2D eigenvalue weighted by atomic mass is 32.2. The molecule has 0 aliphatic rings. The van der Waals surface area contributed by atoms with Crippen molar-refractivity contribution in [2.24, 2.45) is 5.73 Å². The van der Waals surface area contributed by atoms with Gasteiger partial charge < -0.3 is 15.6 Å². The van der Waals surface area contributed by atoms with Crippen LogP contribution in [-0.2, 0) is 20.9 Å². The lowest BCUT2D eigenvalue weighted by Gasteiger charge is -2.10. The topological polar surface area (TPSA) is 89.6 Å². The Hall–Kier alpha value is -1.37. The van der Waals surface area contributed by atoms with Crippen LogP contribution in [0.5, 0.6) is 0 Å². The van der Waals surface area contributed by atoms with Crippen molar-refractivity contribution >= 4 is 22.8 Å². The largest absolute Gasteiger partial charge is 0.481 e. The molecule has 1 aromatic rings. The van der Waals surface area contributed by atoms with E-state index in [-0.39, 0.29) is 17.5 Å². The fraction of sp³-hybridized carbons (Fsp3) is 0.333. The molecule has 0 heterocycles. The van der Waals surface area contributed by atoms with Gasteiger partial charge in [-0.1, -0.05) is 42.1 Å². The molecule has 1 aromatic carbocycles. The van der Waals surface area contributed by atoms with Gasteiger partial charge in [-0.05, 0) is 5.56 Å². The third kappa shape index (κ3) is 5.81. The van der Waals surface area contributed by atoms with Gasteiger partial charge in [0, 0.05) is 0 Å². The van der Waals surface area contributed by atoms with Crippen molar-refractivity contribution in [2.75, 3.05) is 12.4 Å². The molecule has 0 aliphatic heterocycles. The number of rotatable bonds is 7. The number of nitrogens with two attached hydrogens (primary N) is 1. The van der Waals surface area contributed by atoms with Crippen LogP contribution in [0.25, 0.3) is 0 Å². The van der Waals surface area contributed by atoms with E-state index in [9.17, 15) is 9.59 Å². The molecule has 98 valence electrons. The molecule has 1 atom stereocenters. The first-order chi connectivity index (χ1) is 8.59. The Kier molecular flexibility index (Phi) is 6.42. The number of ether oxygens (including phenoxy) is 1. The number of benzene rings is 1. The maximum atomic E-state index is 11.4. The highest BCUT2D eigenvalue weighted by Crippen LogP contribution is 2.06. The molecule has 5 nitrogen and oxygen atoms in total. The maximum Gasteiger partial charge on any atom is 0.313 e. The number of carbonyl (C=O) groups is 2. The molecule has 0 bridgehead atoms. The highest BCUT2D eigenvalue weighted by molar-refractivity contribution is 8.14. The molecule has 0 amide bonds. The standard InChI is InChI=1S/C12H15NO4S/c13-10(12(16)18-8-11(14)15)7-17-6-9-4-2-1-3-5-9/h1-5,10H,6-8,13H2,(H,14,15)/t10-/m0/s1. The predicted molar refractivity (Wildman–Crippen MR) is 69.2 cm³/mol. The molecule has 6 heteroatoms. The van der Waals surface area contributed by atoms with Crippen molar-refractivity contribution in [3.63, 3.8) is 0 Å². The average molecular weight is 269 g/mol. The number of aliphatic carboxylic acids is 1. The van der Waals surface area contributed by atoms with Crippen LogP contribution in [0, 0.1) is 0 Å². The summed E-state index contributed by atoms with van der Waals surface area (Å²) < 4.78 is 5.30. The molecule has 3 N–H and O–H groups in total. The van der Waals surface area contributed by atoms with Gasteiger partial charge in [-0.3, -0.25) is 9.59 Å². The fourth-order valence-corrected chi connectivity index (χ4v) is 1.73. The van der Waals surface area contributed by atoms with Gasteiger partial charge in [-0.15, -0.1) is 0 Å². The van der Waals surface area contributed by atoms with Crippen molar-refractivity contribution in [2.45, 2.75) is 12.6 Å². The number of hydrogen-bond acceptors (Lipinski definition) is 5. The zero-order valence-electron chi connectivity index (χ0n) is 9.74. The smallest absolute Gasteiger partial charge is 0.313 e. The zero-order chi connectivity index (χ0) is 13.4. The van der Waals surface area contributed by atoms with Crippen LogP contribution in [0.3, 0.4) is 0 Å². The van der Waals surface area contributed by atoms with E-state index in [0.29, 0.717) is 18.4 Å². The van der Waals surface area contributed by atoms with Crippen LogP contribution in [0.15, 0.2) is 30.3 Å². The summed E-state index contributed by atoms with van der Waals surface area (Å²) in [6.07, 6.45) is 0. The van der Waals surface area contributed by atoms with E-state index >= 15 is 0 Å². The summed E-state index contributed by atoms with van der Waals surface area (Å²) >= 11 is 0.695. The Labute approximate surface area is 109 Å². The second-order valence-corrected chi connectivity index (χ2v) is 4.59. The SMILES string of the molecule is N[C@@H](COCc1ccccc1)C(=O)SCC(=O)O. The minimum absolute atomic E-state index is 0.0837. The summed E-state index contributed by atoms with van der Waals surface area (Å²) in [5.41, 5.74) is 6.57. The number of thioether (sulfide) groups is 1. The van der Waals surface area contributed by atoms with E-state index < -0.39 is 12.0 Å². The minimum atomic E-state index is -1.04. The molecule has 0 aromatic heterocycles. The van der Waals surface area contributed by atoms with Gasteiger partial charge >= 0.3 is 5.97 Å². The van der Waals surface area contributed by atoms with Crippen molar-refractivity contribution < 1.29 is 19.4 Å². The molecular weight excluding hydrogens is 254 g/mol. The van der Waals surface area contributed by atoms with Gasteiger partial charge in [-0.25, -0.2) is 0 Å². The van der Waals surface area contributed by atoms with Gasteiger partial charge in [0.25, 0.3) is 0 Å². The molecule has 0 saturated carbocycles. The van der Waals surface area contributed by atoms with Crippen molar-refractivity contribution in [3.05, 3.63) is 35.9 Å². The molecule has 0 aliphatic carbocycles. The number of carbonyl (C=O) groups excluding carboxylic acids is 1. The van der Waals surface area contributed by atoms with Crippen LogP contribution in [0.1, 0.15) is 5.56 Å². The Balaban J connectivity index is 2.22. The van der Waals surface area contributed by atoms with E-state index in [2.05, 4.69) is 0 Å². The number of hydrogen-bond donors (Lipinski definition) is 2. The van der Waals surface area contributed by atoms with Crippen molar-refractivity contribution in [1.29, 1.82) is 0 Å². The summed E-state index contributed by atoms with van der Waals surface area (Å²) in [5, 5.41) is 8.05. The summed E-state index contributed by atoms with van der Waals surface area (Å²) in [7, 11) is 0. The van der Waals surface area contributed by atoms with Gasteiger partial charge in [-0.2, -0.15) is 0 Å². The van der Waals surface area contributed by atoms with Crippen LogP contribution in [-0.4, -0.2) is 34.6 Å². The lowest BCUT2D eigenvalue weighted by atomic mass is 10.2. The first kappa shape index (κ1) is 14.7. The Bertz CT molecular complexity index is 396. The van der Waals surface area contributed by atoms with E-state index in [1.807, 2.05) is 30.3 Å². The van der Waals surface area contributed by atoms with Crippen LogP contribution < -0.4 is 5.73 Å². The third-order valence-corrected chi connectivity index (χ3v) is 3.03. The van der Waals surface area contributed by atoms with Gasteiger partial charge in [0.05, 0.1) is 25.0 Å². The van der Waals surface area contributed by atoms with Crippen LogP contribution >= 0.6 is 11.8 Å². The second-order valence-electron chi connectivity index (χ2n) is 3.61. The first-order valence-corrected chi connectivity index (χ1v) is 6.34. The highest BCUT2D eigenvalue weighted by Gasteiger charge is 2.15. The lowest BCUT2D eigenvalue weighted by Crippen LogP contribution is -2.33. The average Bonchev–Trinajstić information content (AvgIpc) is 2.37. The van der Waals surface area contributed by atoms with Crippen molar-refractivity contribution in [1.82, 2.24) is 0 Å². The molecule has 0 spiro atoms. The summed E-state index contributed by atoms with van der Waals surface area (Å²) in [6.45, 7) is 0.464. The van der Waals surface area contributed by atoms with Crippen molar-refractivity contribution in [3.8, 4) is 0 Å². The predicted octanol–water partition coefficient (Wildman–Crippen LogP) is 0.875. The first-order valence-electron chi connectivity index (χ1n) is 5.35.